The minimum atomic E-state index is 0.0169. The van der Waals surface area contributed by atoms with Crippen molar-refractivity contribution in [2.75, 3.05) is 57.3 Å². The van der Waals surface area contributed by atoms with Crippen molar-refractivity contribution in [2.24, 2.45) is 0 Å². The van der Waals surface area contributed by atoms with Crippen molar-refractivity contribution in [1.29, 1.82) is 0 Å². The highest BCUT2D eigenvalue weighted by molar-refractivity contribution is 5.83. The number of benzene rings is 1. The second kappa shape index (κ2) is 8.89. The van der Waals surface area contributed by atoms with Crippen molar-refractivity contribution in [3.05, 3.63) is 40.7 Å². The van der Waals surface area contributed by atoms with Crippen LogP contribution in [0.1, 0.15) is 32.1 Å². The maximum absolute atomic E-state index is 12.3. The third-order valence-electron chi connectivity index (χ3n) is 6.10. The zero-order valence-corrected chi connectivity index (χ0v) is 16.3. The van der Waals surface area contributed by atoms with Gasteiger partial charge in [-0.2, -0.15) is 0 Å². The Labute approximate surface area is 162 Å². The number of hydrogen-bond acceptors (Lipinski definition) is 4. The van der Waals surface area contributed by atoms with Crippen LogP contribution in [0, 0.1) is 0 Å². The summed E-state index contributed by atoms with van der Waals surface area (Å²) in [6.45, 7) is 9.23. The highest BCUT2D eigenvalue weighted by Gasteiger charge is 2.18. The first-order valence-electron chi connectivity index (χ1n) is 10.6. The Kier molecular flexibility index (Phi) is 6.10. The van der Waals surface area contributed by atoms with Crippen LogP contribution in [-0.2, 0) is 0 Å². The maximum Gasteiger partial charge on any atom is 0.257 e. The molecular formula is C22H32N4O. The first kappa shape index (κ1) is 18.5. The lowest BCUT2D eigenvalue weighted by Crippen LogP contribution is -2.47. The van der Waals surface area contributed by atoms with E-state index in [4.69, 9.17) is 0 Å². The van der Waals surface area contributed by atoms with Gasteiger partial charge in [-0.1, -0.05) is 24.6 Å². The van der Waals surface area contributed by atoms with E-state index in [-0.39, 0.29) is 5.56 Å². The number of aromatic amines is 1. The van der Waals surface area contributed by atoms with Crippen molar-refractivity contribution in [1.82, 2.24) is 14.8 Å². The molecule has 0 saturated carbocycles. The average Bonchev–Trinajstić information content (AvgIpc) is 2.72. The van der Waals surface area contributed by atoms with Crippen LogP contribution < -0.4 is 10.5 Å². The van der Waals surface area contributed by atoms with Crippen molar-refractivity contribution < 1.29 is 0 Å². The summed E-state index contributed by atoms with van der Waals surface area (Å²) in [6.07, 6.45) is 6.81. The normalized spacial score (nSPS) is 19.6. The van der Waals surface area contributed by atoms with E-state index in [1.165, 1.54) is 58.3 Å². The number of nitrogens with one attached hydrogen (secondary N) is 1. The molecule has 0 radical (unpaired) electrons. The lowest BCUT2D eigenvalue weighted by molar-refractivity contribution is 0.211. The summed E-state index contributed by atoms with van der Waals surface area (Å²) in [5.74, 6) is 0.962. The second-order valence-electron chi connectivity index (χ2n) is 8.01. The molecule has 4 rings (SSSR count). The highest BCUT2D eigenvalue weighted by atomic mass is 16.1. The predicted octanol–water partition coefficient (Wildman–Crippen LogP) is 2.92. The van der Waals surface area contributed by atoms with Crippen molar-refractivity contribution in [3.63, 3.8) is 0 Å². The van der Waals surface area contributed by atoms with Gasteiger partial charge in [-0.05, 0) is 69.4 Å². The molecule has 5 heteroatoms. The van der Waals surface area contributed by atoms with Gasteiger partial charge in [-0.3, -0.25) is 9.69 Å². The third-order valence-corrected chi connectivity index (χ3v) is 6.10. The molecule has 2 saturated heterocycles. The molecule has 2 aromatic rings. The van der Waals surface area contributed by atoms with Gasteiger partial charge in [-0.25, -0.2) is 0 Å². The predicted molar refractivity (Wildman–Crippen MR) is 113 cm³/mol. The molecule has 1 N–H and O–H groups in total. The molecule has 0 atom stereocenters. The Morgan fingerprint density at radius 1 is 0.815 bits per heavy atom. The van der Waals surface area contributed by atoms with Gasteiger partial charge in [0.2, 0.25) is 0 Å². The number of piperidine rings is 1. The number of H-pyrrole nitrogens is 1. The fourth-order valence-corrected chi connectivity index (χ4v) is 4.43. The van der Waals surface area contributed by atoms with E-state index in [9.17, 15) is 4.79 Å². The fraction of sp³-hybridized carbons (Fsp3) is 0.591. The van der Waals surface area contributed by atoms with Crippen LogP contribution in [-0.4, -0.2) is 67.1 Å². The van der Waals surface area contributed by atoms with Crippen LogP contribution >= 0.6 is 0 Å². The molecule has 1 aromatic heterocycles. The first-order chi connectivity index (χ1) is 13.3. The zero-order valence-electron chi connectivity index (χ0n) is 16.3. The van der Waals surface area contributed by atoms with Crippen molar-refractivity contribution >= 4 is 16.6 Å². The number of nitrogens with zero attached hydrogens (tertiary/aromatic N) is 3. The van der Waals surface area contributed by atoms with E-state index < -0.39 is 0 Å². The summed E-state index contributed by atoms with van der Waals surface area (Å²) in [5.41, 5.74) is 0.0169. The van der Waals surface area contributed by atoms with Crippen LogP contribution in [0.3, 0.4) is 0 Å². The summed E-state index contributed by atoms with van der Waals surface area (Å²) < 4.78 is 0. The molecule has 3 heterocycles. The number of hydrogen-bond donors (Lipinski definition) is 1. The van der Waals surface area contributed by atoms with E-state index in [1.54, 1.807) is 0 Å². The van der Waals surface area contributed by atoms with Gasteiger partial charge in [-0.15, -0.1) is 0 Å². The lowest BCUT2D eigenvalue weighted by atomic mass is 10.1. The van der Waals surface area contributed by atoms with Crippen molar-refractivity contribution in [2.45, 2.75) is 32.1 Å². The molecule has 2 fully saturated rings. The molecule has 0 amide bonds. The molecule has 146 valence electrons. The number of aromatic nitrogens is 1. The summed E-state index contributed by atoms with van der Waals surface area (Å²) >= 11 is 0. The van der Waals surface area contributed by atoms with Gasteiger partial charge in [0.25, 0.3) is 5.56 Å². The molecule has 27 heavy (non-hydrogen) atoms. The monoisotopic (exact) mass is 368 g/mol. The van der Waals surface area contributed by atoms with E-state index >= 15 is 0 Å². The number of likely N-dealkylation sites (tertiary alicyclic amines) is 1. The molecule has 0 bridgehead atoms. The summed E-state index contributed by atoms with van der Waals surface area (Å²) in [5, 5.41) is 1.80. The minimum Gasteiger partial charge on any atom is -0.356 e. The van der Waals surface area contributed by atoms with Gasteiger partial charge in [0.15, 0.2) is 0 Å². The topological polar surface area (TPSA) is 42.6 Å². The standard InChI is InChI=1S/C22H32N4O/c27-22-20-9-3-2-8-19(20)18-21(23-22)26-16-14-25(15-17-26)13-7-6-12-24-10-4-1-5-11-24/h2-3,8-9,18H,1,4-7,10-17H2,(H,23,27). The molecule has 0 aliphatic carbocycles. The molecular weight excluding hydrogens is 336 g/mol. The largest absolute Gasteiger partial charge is 0.356 e. The molecule has 2 aliphatic rings. The van der Waals surface area contributed by atoms with E-state index in [2.05, 4.69) is 25.8 Å². The number of rotatable bonds is 6. The first-order valence-corrected chi connectivity index (χ1v) is 10.6. The summed E-state index contributed by atoms with van der Waals surface area (Å²) in [6, 6.07) is 9.94. The summed E-state index contributed by atoms with van der Waals surface area (Å²) in [7, 11) is 0. The molecule has 0 unspecified atom stereocenters. The quantitative estimate of drug-likeness (QED) is 0.796. The van der Waals surface area contributed by atoms with Gasteiger partial charge < -0.3 is 14.8 Å². The maximum atomic E-state index is 12.3. The van der Waals surface area contributed by atoms with Crippen LogP contribution in [0.15, 0.2) is 35.1 Å². The number of pyridine rings is 1. The van der Waals surface area contributed by atoms with Crippen molar-refractivity contribution in [3.8, 4) is 0 Å². The Morgan fingerprint density at radius 2 is 1.48 bits per heavy atom. The fourth-order valence-electron chi connectivity index (χ4n) is 4.43. The van der Waals surface area contributed by atoms with Gasteiger partial charge >= 0.3 is 0 Å². The molecule has 0 spiro atoms. The van der Waals surface area contributed by atoms with Crippen LogP contribution in [0.4, 0.5) is 5.82 Å². The number of unbranched alkanes of at least 4 members (excludes halogenated alkanes) is 1. The van der Waals surface area contributed by atoms with Gasteiger partial charge in [0.05, 0.1) is 0 Å². The highest BCUT2D eigenvalue weighted by Crippen LogP contribution is 2.18. The van der Waals surface area contributed by atoms with Gasteiger partial charge in [0.1, 0.15) is 5.82 Å². The van der Waals surface area contributed by atoms with E-state index in [0.29, 0.717) is 0 Å². The number of fused-ring (bicyclic) bond motifs is 1. The Hall–Kier alpha value is -1.85. The minimum absolute atomic E-state index is 0.0169. The third kappa shape index (κ3) is 4.71. The smallest absolute Gasteiger partial charge is 0.257 e. The molecule has 2 aliphatic heterocycles. The zero-order chi connectivity index (χ0) is 18.5. The summed E-state index contributed by atoms with van der Waals surface area (Å²) in [4.78, 5) is 22.9. The van der Waals surface area contributed by atoms with Gasteiger partial charge in [0, 0.05) is 31.6 Å². The Balaban J connectivity index is 1.23. The Bertz CT molecular complexity index is 788. The lowest BCUT2D eigenvalue weighted by Gasteiger charge is -2.36. The SMILES string of the molecule is O=c1[nH]c(N2CCN(CCCCN3CCCCC3)CC2)cc2ccccc12. The van der Waals surface area contributed by atoms with Crippen LogP contribution in [0.25, 0.3) is 10.8 Å². The van der Waals surface area contributed by atoms with E-state index in [0.717, 1.165) is 42.8 Å². The van der Waals surface area contributed by atoms with Crippen LogP contribution in [0.5, 0.6) is 0 Å². The number of piperazine rings is 1. The molecule has 1 aromatic carbocycles. The Morgan fingerprint density at radius 3 is 2.22 bits per heavy atom. The average molecular weight is 369 g/mol. The van der Waals surface area contributed by atoms with Crippen LogP contribution in [0.2, 0.25) is 0 Å². The number of anilines is 1. The second-order valence-corrected chi connectivity index (χ2v) is 8.01. The van der Waals surface area contributed by atoms with E-state index in [1.807, 2.05) is 24.3 Å². The molecule has 5 nitrogen and oxygen atoms in total.